The van der Waals surface area contributed by atoms with Crippen molar-refractivity contribution in [3.05, 3.63) is 21.9 Å². The quantitative estimate of drug-likeness (QED) is 0.607. The molecule has 0 fully saturated rings. The molecule has 0 amide bonds. The van der Waals surface area contributed by atoms with Gasteiger partial charge in [-0.25, -0.2) is 4.79 Å². The number of carboxylic acids is 1. The van der Waals surface area contributed by atoms with Crippen LogP contribution in [-0.4, -0.2) is 17.0 Å². The standard InChI is InChI=1S/C9H7ClO2S/c10-4-2-1-3-7-5-13-6-8(7)9(11)12/h5-6H,2,4H2,(H,11,12). The number of alkyl halides is 1. The van der Waals surface area contributed by atoms with Crippen molar-refractivity contribution in [3.63, 3.8) is 0 Å². The highest BCUT2D eigenvalue weighted by atomic mass is 35.5. The van der Waals surface area contributed by atoms with Crippen molar-refractivity contribution in [2.24, 2.45) is 0 Å². The van der Waals surface area contributed by atoms with Crippen LogP contribution >= 0.6 is 22.9 Å². The molecule has 0 bridgehead atoms. The molecule has 1 aromatic heterocycles. The summed E-state index contributed by atoms with van der Waals surface area (Å²) in [6.07, 6.45) is 0.580. The van der Waals surface area contributed by atoms with Gasteiger partial charge in [-0.3, -0.25) is 0 Å². The Hall–Kier alpha value is -0.980. The van der Waals surface area contributed by atoms with E-state index >= 15 is 0 Å². The van der Waals surface area contributed by atoms with Gasteiger partial charge in [0.15, 0.2) is 0 Å². The number of rotatable bonds is 2. The van der Waals surface area contributed by atoms with Crippen LogP contribution in [0.3, 0.4) is 0 Å². The predicted molar refractivity (Wildman–Crippen MR) is 53.5 cm³/mol. The molecule has 0 spiro atoms. The van der Waals surface area contributed by atoms with E-state index in [1.165, 1.54) is 11.3 Å². The summed E-state index contributed by atoms with van der Waals surface area (Å²) in [7, 11) is 0. The first-order chi connectivity index (χ1) is 6.25. The van der Waals surface area contributed by atoms with Gasteiger partial charge in [-0.15, -0.1) is 11.6 Å². The first kappa shape index (κ1) is 10.1. The van der Waals surface area contributed by atoms with E-state index < -0.39 is 5.97 Å². The van der Waals surface area contributed by atoms with Crippen molar-refractivity contribution in [3.8, 4) is 11.8 Å². The fraction of sp³-hybridized carbons (Fsp3) is 0.222. The van der Waals surface area contributed by atoms with Crippen LogP contribution in [0.25, 0.3) is 0 Å². The molecule has 4 heteroatoms. The molecule has 0 radical (unpaired) electrons. The van der Waals surface area contributed by atoms with Gasteiger partial charge in [0, 0.05) is 28.6 Å². The van der Waals surface area contributed by atoms with Crippen LogP contribution in [-0.2, 0) is 0 Å². The molecular formula is C9H7ClO2S. The zero-order valence-corrected chi connectivity index (χ0v) is 8.28. The molecule has 0 aliphatic carbocycles. The molecule has 1 N–H and O–H groups in total. The molecule has 13 heavy (non-hydrogen) atoms. The molecule has 0 atom stereocenters. The second kappa shape index (κ2) is 4.90. The van der Waals surface area contributed by atoms with Crippen molar-refractivity contribution < 1.29 is 9.90 Å². The van der Waals surface area contributed by atoms with Crippen molar-refractivity contribution in [2.45, 2.75) is 6.42 Å². The summed E-state index contributed by atoms with van der Waals surface area (Å²) in [4.78, 5) is 10.6. The molecule has 1 aromatic rings. The van der Waals surface area contributed by atoms with E-state index in [2.05, 4.69) is 11.8 Å². The Morgan fingerprint density at radius 3 is 3.00 bits per heavy atom. The average molecular weight is 215 g/mol. The Balaban J connectivity index is 2.84. The third kappa shape index (κ3) is 2.76. The number of hydrogen-bond acceptors (Lipinski definition) is 2. The van der Waals surface area contributed by atoms with Crippen LogP contribution in [0.5, 0.6) is 0 Å². The van der Waals surface area contributed by atoms with Crippen LogP contribution in [0.1, 0.15) is 22.3 Å². The first-order valence-corrected chi connectivity index (χ1v) is 5.07. The van der Waals surface area contributed by atoms with E-state index in [1.54, 1.807) is 10.8 Å². The molecular weight excluding hydrogens is 208 g/mol. The van der Waals surface area contributed by atoms with E-state index in [0.29, 0.717) is 17.9 Å². The van der Waals surface area contributed by atoms with Crippen molar-refractivity contribution in [1.82, 2.24) is 0 Å². The van der Waals surface area contributed by atoms with Gasteiger partial charge in [0.2, 0.25) is 0 Å². The normalized spacial score (nSPS) is 9.00. The number of halogens is 1. The number of hydrogen-bond donors (Lipinski definition) is 1. The molecule has 2 nitrogen and oxygen atoms in total. The lowest BCUT2D eigenvalue weighted by Gasteiger charge is -1.87. The summed E-state index contributed by atoms with van der Waals surface area (Å²) in [5.41, 5.74) is 0.842. The summed E-state index contributed by atoms with van der Waals surface area (Å²) >= 11 is 6.76. The second-order valence-corrected chi connectivity index (χ2v) is 3.37. The number of carbonyl (C=O) groups is 1. The molecule has 0 saturated heterocycles. The van der Waals surface area contributed by atoms with Gasteiger partial charge in [-0.1, -0.05) is 11.8 Å². The minimum atomic E-state index is -0.934. The van der Waals surface area contributed by atoms with Crippen molar-refractivity contribution in [2.75, 3.05) is 5.88 Å². The van der Waals surface area contributed by atoms with Gasteiger partial charge in [0.25, 0.3) is 0 Å². The number of aromatic carboxylic acids is 1. The van der Waals surface area contributed by atoms with Gasteiger partial charge in [0.1, 0.15) is 0 Å². The maximum absolute atomic E-state index is 10.6. The van der Waals surface area contributed by atoms with E-state index in [9.17, 15) is 4.79 Å². The Bertz CT molecular complexity index is 359. The Kier molecular flexibility index (Phi) is 3.81. The minimum Gasteiger partial charge on any atom is -0.478 e. The third-order valence-electron chi connectivity index (χ3n) is 1.33. The first-order valence-electron chi connectivity index (χ1n) is 3.60. The smallest absolute Gasteiger partial charge is 0.337 e. The highest BCUT2D eigenvalue weighted by Crippen LogP contribution is 2.13. The SMILES string of the molecule is O=C(O)c1cscc1C#CCCCl. The van der Waals surface area contributed by atoms with Gasteiger partial charge < -0.3 is 5.11 Å². The highest BCUT2D eigenvalue weighted by Gasteiger charge is 2.08. The highest BCUT2D eigenvalue weighted by molar-refractivity contribution is 7.08. The van der Waals surface area contributed by atoms with Crippen molar-refractivity contribution >= 4 is 28.9 Å². The molecule has 0 aromatic carbocycles. The summed E-state index contributed by atoms with van der Waals surface area (Å²) in [6, 6.07) is 0. The lowest BCUT2D eigenvalue weighted by Crippen LogP contribution is -1.95. The Morgan fingerprint density at radius 1 is 1.62 bits per heavy atom. The largest absolute Gasteiger partial charge is 0.478 e. The predicted octanol–water partition coefficient (Wildman–Crippen LogP) is 2.43. The van der Waals surface area contributed by atoms with Crippen LogP contribution < -0.4 is 0 Å². The molecule has 0 unspecified atom stereocenters. The number of carboxylic acid groups (broad SMARTS) is 1. The maximum atomic E-state index is 10.6. The fourth-order valence-electron chi connectivity index (χ4n) is 0.764. The summed E-state index contributed by atoms with van der Waals surface area (Å²) in [5.74, 6) is 5.10. The Labute approximate surface area is 85.2 Å². The van der Waals surface area contributed by atoms with Gasteiger partial charge in [0.05, 0.1) is 5.56 Å². The van der Waals surface area contributed by atoms with Gasteiger partial charge in [-0.2, -0.15) is 11.3 Å². The summed E-state index contributed by atoms with van der Waals surface area (Å²) in [5, 5.41) is 12.0. The molecule has 1 rings (SSSR count). The van der Waals surface area contributed by atoms with Gasteiger partial charge in [-0.05, 0) is 0 Å². The molecule has 0 saturated carbocycles. The van der Waals surface area contributed by atoms with Crippen LogP contribution in [0.15, 0.2) is 10.8 Å². The molecule has 1 heterocycles. The summed E-state index contributed by atoms with van der Waals surface area (Å²) < 4.78 is 0. The fourth-order valence-corrected chi connectivity index (χ4v) is 1.61. The third-order valence-corrected chi connectivity index (χ3v) is 2.27. The molecule has 0 aliphatic rings. The van der Waals surface area contributed by atoms with Crippen LogP contribution in [0.2, 0.25) is 0 Å². The van der Waals surface area contributed by atoms with E-state index in [-0.39, 0.29) is 5.56 Å². The lowest BCUT2D eigenvalue weighted by atomic mass is 10.2. The summed E-state index contributed by atoms with van der Waals surface area (Å²) in [6.45, 7) is 0. The van der Waals surface area contributed by atoms with Crippen LogP contribution in [0.4, 0.5) is 0 Å². The van der Waals surface area contributed by atoms with E-state index in [4.69, 9.17) is 16.7 Å². The topological polar surface area (TPSA) is 37.3 Å². The maximum Gasteiger partial charge on any atom is 0.337 e. The molecule has 0 aliphatic heterocycles. The van der Waals surface area contributed by atoms with Crippen LogP contribution in [0, 0.1) is 11.8 Å². The monoisotopic (exact) mass is 214 g/mol. The van der Waals surface area contributed by atoms with E-state index in [0.717, 1.165) is 0 Å². The van der Waals surface area contributed by atoms with Crippen molar-refractivity contribution in [1.29, 1.82) is 0 Å². The van der Waals surface area contributed by atoms with Gasteiger partial charge >= 0.3 is 5.97 Å². The zero-order chi connectivity index (χ0) is 9.68. The lowest BCUT2D eigenvalue weighted by molar-refractivity contribution is 0.0697. The number of thiophene rings is 1. The average Bonchev–Trinajstić information content (AvgIpc) is 2.53. The second-order valence-electron chi connectivity index (χ2n) is 2.25. The molecule has 68 valence electrons. The van der Waals surface area contributed by atoms with E-state index in [1.807, 2.05) is 0 Å². The Morgan fingerprint density at radius 2 is 2.38 bits per heavy atom. The zero-order valence-electron chi connectivity index (χ0n) is 6.71. The minimum absolute atomic E-state index is 0.270.